The summed E-state index contributed by atoms with van der Waals surface area (Å²) in [5.41, 5.74) is -1.02. The highest BCUT2D eigenvalue weighted by molar-refractivity contribution is 5.79. The molecule has 34 heavy (non-hydrogen) atoms. The lowest BCUT2D eigenvalue weighted by Gasteiger charge is -2.52. The summed E-state index contributed by atoms with van der Waals surface area (Å²) in [7, 11) is 0. The molecule has 1 aliphatic carbocycles. The lowest BCUT2D eigenvalue weighted by atomic mass is 9.61. The number of hydrogen-bond donors (Lipinski definition) is 1. The fourth-order valence-electron chi connectivity index (χ4n) is 5.60. The van der Waals surface area contributed by atoms with Crippen molar-refractivity contribution in [3.8, 4) is 5.75 Å². The first-order chi connectivity index (χ1) is 16.1. The van der Waals surface area contributed by atoms with Gasteiger partial charge in [-0.25, -0.2) is 9.18 Å². The van der Waals surface area contributed by atoms with E-state index in [2.05, 4.69) is 5.32 Å². The van der Waals surface area contributed by atoms with Gasteiger partial charge in [-0.15, -0.1) is 0 Å². The number of nitrogens with zero attached hydrogens (tertiary/aromatic N) is 2. The van der Waals surface area contributed by atoms with Gasteiger partial charge in [0, 0.05) is 26.2 Å². The maximum Gasteiger partial charge on any atom is 0.416 e. The molecule has 3 heterocycles. The first-order valence-electron chi connectivity index (χ1n) is 11.6. The van der Waals surface area contributed by atoms with Crippen LogP contribution >= 0.6 is 0 Å². The Bertz CT molecular complexity index is 956. The molecule has 1 aromatic carbocycles. The van der Waals surface area contributed by atoms with E-state index in [0.29, 0.717) is 51.5 Å². The van der Waals surface area contributed by atoms with Crippen LogP contribution in [0.1, 0.15) is 37.7 Å². The molecule has 0 radical (unpaired) electrons. The van der Waals surface area contributed by atoms with E-state index in [4.69, 9.17) is 9.47 Å². The molecule has 1 saturated carbocycles. The highest BCUT2D eigenvalue weighted by Crippen LogP contribution is 2.50. The first kappa shape index (κ1) is 23.2. The zero-order valence-electron chi connectivity index (χ0n) is 18.6. The van der Waals surface area contributed by atoms with Gasteiger partial charge >= 0.3 is 12.2 Å². The molecular weight excluding hydrogens is 458 g/mol. The van der Waals surface area contributed by atoms with Crippen LogP contribution in [0.15, 0.2) is 18.2 Å². The Kier molecular flexibility index (Phi) is 5.86. The number of benzene rings is 1. The van der Waals surface area contributed by atoms with Gasteiger partial charge in [0.15, 0.2) is 11.6 Å². The molecule has 1 aromatic rings. The highest BCUT2D eigenvalue weighted by Gasteiger charge is 2.48. The zero-order valence-corrected chi connectivity index (χ0v) is 18.6. The Hall–Kier alpha value is -2.56. The maximum absolute atomic E-state index is 14.1. The standard InChI is InChI=1S/C23H27F4N3O4/c24-16-9-14(23(25,26)27)1-2-18(16)34-15-10-22(11-15)4-7-29(8-5-22)21(32)30-6-3-19-17(12-30)28-20(31)13-33-19/h1-2,9,15,17,19H,3-8,10-13H2,(H,28,31)/t17?,19-/m0/s1. The number of urea groups is 1. The van der Waals surface area contributed by atoms with Gasteiger partial charge in [-0.2, -0.15) is 13.2 Å². The van der Waals surface area contributed by atoms with E-state index < -0.39 is 17.6 Å². The molecule has 4 fully saturated rings. The van der Waals surface area contributed by atoms with E-state index in [9.17, 15) is 27.2 Å². The van der Waals surface area contributed by atoms with Gasteiger partial charge in [0.05, 0.1) is 23.8 Å². The second-order valence-electron chi connectivity index (χ2n) is 9.82. The molecule has 1 unspecified atom stereocenters. The van der Waals surface area contributed by atoms with Crippen molar-refractivity contribution >= 4 is 11.9 Å². The molecule has 1 N–H and O–H groups in total. The van der Waals surface area contributed by atoms with E-state index >= 15 is 0 Å². The van der Waals surface area contributed by atoms with Crippen molar-refractivity contribution < 1.29 is 36.6 Å². The molecule has 5 rings (SSSR count). The average molecular weight is 485 g/mol. The van der Waals surface area contributed by atoms with Gasteiger partial charge in [-0.05, 0) is 55.7 Å². The SMILES string of the molecule is O=C1CO[C@H]2CCN(C(=O)N3CCC4(CC3)CC(Oc3ccc(C(F)(F)F)cc3F)C4)CC2N1. The molecule has 4 aliphatic rings. The number of hydrogen-bond acceptors (Lipinski definition) is 4. The van der Waals surface area contributed by atoms with Crippen molar-refractivity contribution in [3.63, 3.8) is 0 Å². The Morgan fingerprint density at radius 2 is 1.88 bits per heavy atom. The monoisotopic (exact) mass is 485 g/mol. The third-order valence-corrected chi connectivity index (χ3v) is 7.56. The number of morpholine rings is 1. The second kappa shape index (κ2) is 8.58. The van der Waals surface area contributed by atoms with Crippen molar-refractivity contribution in [1.82, 2.24) is 15.1 Å². The second-order valence-corrected chi connectivity index (χ2v) is 9.82. The van der Waals surface area contributed by atoms with Crippen molar-refractivity contribution in [2.75, 3.05) is 32.8 Å². The maximum atomic E-state index is 14.1. The molecule has 1 spiro atoms. The van der Waals surface area contributed by atoms with Gasteiger partial charge in [-0.3, -0.25) is 4.79 Å². The molecule has 186 valence electrons. The number of alkyl halides is 3. The number of ether oxygens (including phenoxy) is 2. The number of carbonyl (C=O) groups excluding carboxylic acids is 2. The highest BCUT2D eigenvalue weighted by atomic mass is 19.4. The number of rotatable bonds is 2. The fraction of sp³-hybridized carbons (Fsp3) is 0.652. The van der Waals surface area contributed by atoms with Crippen molar-refractivity contribution in [2.24, 2.45) is 5.41 Å². The van der Waals surface area contributed by atoms with Crippen LogP contribution in [0.25, 0.3) is 0 Å². The third kappa shape index (κ3) is 4.54. The number of amides is 3. The van der Waals surface area contributed by atoms with Crippen molar-refractivity contribution in [2.45, 2.75) is 56.5 Å². The van der Waals surface area contributed by atoms with Gasteiger partial charge in [0.25, 0.3) is 0 Å². The molecule has 3 amide bonds. The van der Waals surface area contributed by atoms with Crippen molar-refractivity contribution in [3.05, 3.63) is 29.6 Å². The topological polar surface area (TPSA) is 71.1 Å². The van der Waals surface area contributed by atoms with Gasteiger partial charge in [0.1, 0.15) is 6.61 Å². The summed E-state index contributed by atoms with van der Waals surface area (Å²) in [6.07, 6.45) is -1.23. The van der Waals surface area contributed by atoms with Crippen LogP contribution < -0.4 is 10.1 Å². The summed E-state index contributed by atoms with van der Waals surface area (Å²) >= 11 is 0. The summed E-state index contributed by atoms with van der Waals surface area (Å²) < 4.78 is 63.4. The minimum atomic E-state index is -4.60. The van der Waals surface area contributed by atoms with E-state index in [1.54, 1.807) is 4.90 Å². The van der Waals surface area contributed by atoms with Gasteiger partial charge < -0.3 is 24.6 Å². The lowest BCUT2D eigenvalue weighted by Crippen LogP contribution is -2.63. The summed E-state index contributed by atoms with van der Waals surface area (Å²) in [6.45, 7) is 2.30. The summed E-state index contributed by atoms with van der Waals surface area (Å²) in [5, 5.41) is 2.90. The molecule has 3 aliphatic heterocycles. The molecule has 3 saturated heterocycles. The number of carbonyl (C=O) groups is 2. The van der Waals surface area contributed by atoms with E-state index in [1.165, 1.54) is 0 Å². The number of likely N-dealkylation sites (tertiary alicyclic amines) is 2. The number of halogens is 4. The van der Waals surface area contributed by atoms with Crippen LogP contribution in [0.5, 0.6) is 5.75 Å². The number of fused-ring (bicyclic) bond motifs is 1. The van der Waals surface area contributed by atoms with Crippen molar-refractivity contribution in [1.29, 1.82) is 0 Å². The van der Waals surface area contributed by atoms with E-state index in [1.807, 2.05) is 4.90 Å². The molecule has 0 aromatic heterocycles. The third-order valence-electron chi connectivity index (χ3n) is 7.56. The van der Waals surface area contributed by atoms with Crippen LogP contribution in [-0.2, 0) is 15.7 Å². The van der Waals surface area contributed by atoms with Gasteiger partial charge in [-0.1, -0.05) is 0 Å². The summed E-state index contributed by atoms with van der Waals surface area (Å²) in [5.74, 6) is -1.34. The van der Waals surface area contributed by atoms with Crippen LogP contribution in [0.4, 0.5) is 22.4 Å². The Morgan fingerprint density at radius 3 is 2.56 bits per heavy atom. The van der Waals surface area contributed by atoms with Crippen LogP contribution in [0, 0.1) is 11.2 Å². The number of nitrogens with one attached hydrogen (secondary N) is 1. The fourth-order valence-corrected chi connectivity index (χ4v) is 5.60. The zero-order chi connectivity index (χ0) is 24.1. The van der Waals surface area contributed by atoms with E-state index in [-0.39, 0.29) is 48.0 Å². The van der Waals surface area contributed by atoms with E-state index in [0.717, 1.165) is 25.0 Å². The smallest absolute Gasteiger partial charge is 0.416 e. The Balaban J connectivity index is 1.10. The van der Waals surface area contributed by atoms with Gasteiger partial charge in [0.2, 0.25) is 5.91 Å². The Morgan fingerprint density at radius 1 is 1.15 bits per heavy atom. The Labute approximate surface area is 194 Å². The summed E-state index contributed by atoms with van der Waals surface area (Å²) in [6, 6.07) is 2.11. The largest absolute Gasteiger partial charge is 0.487 e. The van der Waals surface area contributed by atoms with Crippen LogP contribution in [-0.4, -0.2) is 72.8 Å². The molecule has 7 nitrogen and oxygen atoms in total. The quantitative estimate of drug-likeness (QED) is 0.654. The minimum absolute atomic E-state index is 0.0159. The predicted molar refractivity (Wildman–Crippen MR) is 112 cm³/mol. The molecule has 11 heteroatoms. The first-order valence-corrected chi connectivity index (χ1v) is 11.6. The lowest BCUT2D eigenvalue weighted by molar-refractivity contribution is -0.140. The minimum Gasteiger partial charge on any atom is -0.487 e. The van der Waals surface area contributed by atoms with Crippen LogP contribution in [0.2, 0.25) is 0 Å². The van der Waals surface area contributed by atoms with Crippen LogP contribution in [0.3, 0.4) is 0 Å². The molecule has 0 bridgehead atoms. The average Bonchev–Trinajstić information content (AvgIpc) is 2.78. The molecule has 2 atom stereocenters. The number of piperidine rings is 2. The predicted octanol–water partition coefficient (Wildman–Crippen LogP) is 3.18. The normalized spacial score (nSPS) is 27.1. The summed E-state index contributed by atoms with van der Waals surface area (Å²) in [4.78, 5) is 28.2. The molecular formula is C23H27F4N3O4.